The molecule has 0 aliphatic carbocycles. The monoisotopic (exact) mass is 345 g/mol. The molecule has 0 aliphatic heterocycles. The van der Waals surface area contributed by atoms with E-state index in [1.165, 1.54) is 13.0 Å². The summed E-state index contributed by atoms with van der Waals surface area (Å²) < 4.78 is 19.7. The van der Waals surface area contributed by atoms with Crippen LogP contribution in [0.4, 0.5) is 10.2 Å². The van der Waals surface area contributed by atoms with Crippen LogP contribution in [0.2, 0.25) is 0 Å². The van der Waals surface area contributed by atoms with Gasteiger partial charge in [-0.1, -0.05) is 19.1 Å². The summed E-state index contributed by atoms with van der Waals surface area (Å²) in [6.45, 7) is 6.47. The molecule has 0 aliphatic rings. The maximum atomic E-state index is 13.0. The van der Waals surface area contributed by atoms with Crippen LogP contribution in [0.3, 0.4) is 0 Å². The van der Waals surface area contributed by atoms with E-state index in [1.807, 2.05) is 6.92 Å². The van der Waals surface area contributed by atoms with E-state index in [0.717, 1.165) is 5.56 Å². The first kappa shape index (κ1) is 18.4. The fourth-order valence-electron chi connectivity index (χ4n) is 2.34. The zero-order valence-electron chi connectivity index (χ0n) is 14.2. The van der Waals surface area contributed by atoms with Crippen molar-refractivity contribution in [3.05, 3.63) is 54.0 Å². The summed E-state index contributed by atoms with van der Waals surface area (Å²) >= 11 is 0. The minimum absolute atomic E-state index is 0.206. The number of ether oxygens (including phenoxy) is 1. The highest BCUT2D eigenvalue weighted by Gasteiger charge is 2.14. The number of hydrogen-bond acceptors (Lipinski definition) is 4. The largest absolute Gasteiger partial charge is 0.426 e. The molecule has 1 aromatic heterocycles. The van der Waals surface area contributed by atoms with Gasteiger partial charge in [-0.05, 0) is 24.1 Å². The van der Waals surface area contributed by atoms with E-state index in [4.69, 9.17) is 4.74 Å². The third-order valence-electron chi connectivity index (χ3n) is 3.51. The number of carbonyl (C=O) groups excluding carboxylic acids is 2. The second kappa shape index (κ2) is 8.23. The van der Waals surface area contributed by atoms with Crippen molar-refractivity contribution < 1.29 is 18.7 Å². The average Bonchev–Trinajstić information content (AvgIpc) is 2.96. The van der Waals surface area contributed by atoms with E-state index in [2.05, 4.69) is 16.9 Å². The zero-order chi connectivity index (χ0) is 18.4. The summed E-state index contributed by atoms with van der Waals surface area (Å²) in [5.74, 6) is -0.0812. The van der Waals surface area contributed by atoms with Gasteiger partial charge < -0.3 is 14.6 Å². The highest BCUT2D eigenvalue weighted by atomic mass is 19.1. The van der Waals surface area contributed by atoms with E-state index in [-0.39, 0.29) is 11.6 Å². The summed E-state index contributed by atoms with van der Waals surface area (Å²) in [5.41, 5.74) is 1.13. The van der Waals surface area contributed by atoms with Crippen molar-refractivity contribution in [2.45, 2.75) is 33.5 Å². The number of carbonyl (C=O) groups is 2. The van der Waals surface area contributed by atoms with Gasteiger partial charge in [-0.25, -0.2) is 9.37 Å². The quantitative estimate of drug-likeness (QED) is 0.475. The van der Waals surface area contributed by atoms with Gasteiger partial charge in [0, 0.05) is 25.2 Å². The summed E-state index contributed by atoms with van der Waals surface area (Å²) in [6.07, 6.45) is 3.82. The van der Waals surface area contributed by atoms with E-state index >= 15 is 0 Å². The van der Waals surface area contributed by atoms with E-state index in [0.29, 0.717) is 24.3 Å². The number of amides is 1. The number of halogens is 1. The first-order chi connectivity index (χ1) is 12.0. The predicted molar refractivity (Wildman–Crippen MR) is 92.3 cm³/mol. The molecule has 1 amide bonds. The van der Waals surface area contributed by atoms with Gasteiger partial charge in [0.2, 0.25) is 0 Å². The molecule has 7 heteroatoms. The maximum absolute atomic E-state index is 13.0. The van der Waals surface area contributed by atoms with Crippen molar-refractivity contribution in [3.8, 4) is 5.75 Å². The standard InChI is InChI=1S/C18H20FN3O3/c1-4-8-22-11-16(20-17(22)10-19)21-18(24)14-7-6-13(5-2)15(9-14)25-12(3)23/h4,6-7,9,11H,1,5,8,10H2,2-3H3,(H,21,24). The Morgan fingerprint density at radius 3 is 2.80 bits per heavy atom. The Labute approximate surface area is 145 Å². The molecule has 25 heavy (non-hydrogen) atoms. The second-order valence-electron chi connectivity index (χ2n) is 5.34. The van der Waals surface area contributed by atoms with Gasteiger partial charge in [0.05, 0.1) is 0 Å². The van der Waals surface area contributed by atoms with E-state index in [9.17, 15) is 14.0 Å². The van der Waals surface area contributed by atoms with Crippen LogP contribution in [0.5, 0.6) is 5.75 Å². The highest BCUT2D eigenvalue weighted by Crippen LogP contribution is 2.22. The SMILES string of the molecule is C=CCn1cc(NC(=O)c2ccc(CC)c(OC(C)=O)c2)nc1CF. The van der Waals surface area contributed by atoms with Gasteiger partial charge >= 0.3 is 5.97 Å². The average molecular weight is 345 g/mol. The molecule has 0 radical (unpaired) electrons. The molecule has 0 saturated carbocycles. The number of esters is 1. The Kier molecular flexibility index (Phi) is 6.05. The Bertz CT molecular complexity index is 799. The lowest BCUT2D eigenvalue weighted by Gasteiger charge is -2.09. The van der Waals surface area contributed by atoms with Crippen LogP contribution in [0, 0.1) is 0 Å². The molecule has 6 nitrogen and oxygen atoms in total. The maximum Gasteiger partial charge on any atom is 0.308 e. The van der Waals surface area contributed by atoms with Gasteiger partial charge in [-0.3, -0.25) is 9.59 Å². The lowest BCUT2D eigenvalue weighted by Crippen LogP contribution is -2.13. The van der Waals surface area contributed by atoms with Crippen molar-refractivity contribution in [2.24, 2.45) is 0 Å². The fourth-order valence-corrected chi connectivity index (χ4v) is 2.34. The molecule has 132 valence electrons. The number of aromatic nitrogens is 2. The predicted octanol–water partition coefficient (Wildman–Crippen LogP) is 3.28. The summed E-state index contributed by atoms with van der Waals surface area (Å²) in [7, 11) is 0. The Morgan fingerprint density at radius 2 is 2.20 bits per heavy atom. The van der Waals surface area contributed by atoms with Gasteiger partial charge in [0.15, 0.2) is 5.82 Å². The molecule has 1 N–H and O–H groups in total. The van der Waals surface area contributed by atoms with Gasteiger partial charge in [0.1, 0.15) is 18.2 Å². The minimum atomic E-state index is -0.745. The van der Waals surface area contributed by atoms with Crippen molar-refractivity contribution in [3.63, 3.8) is 0 Å². The lowest BCUT2D eigenvalue weighted by molar-refractivity contribution is -0.131. The molecular weight excluding hydrogens is 325 g/mol. The lowest BCUT2D eigenvalue weighted by atomic mass is 10.1. The Morgan fingerprint density at radius 1 is 1.44 bits per heavy atom. The van der Waals surface area contributed by atoms with Crippen molar-refractivity contribution in [2.75, 3.05) is 5.32 Å². The topological polar surface area (TPSA) is 73.2 Å². The third-order valence-corrected chi connectivity index (χ3v) is 3.51. The number of nitrogens with one attached hydrogen (secondary N) is 1. The second-order valence-corrected chi connectivity index (χ2v) is 5.34. The van der Waals surface area contributed by atoms with Crippen LogP contribution in [0.1, 0.15) is 35.6 Å². The number of aryl methyl sites for hydroxylation is 1. The van der Waals surface area contributed by atoms with E-state index in [1.54, 1.807) is 29.0 Å². The smallest absolute Gasteiger partial charge is 0.308 e. The van der Waals surface area contributed by atoms with Gasteiger partial charge in [0.25, 0.3) is 5.91 Å². The van der Waals surface area contributed by atoms with Gasteiger partial charge in [-0.15, -0.1) is 6.58 Å². The third kappa shape index (κ3) is 4.53. The molecule has 0 atom stereocenters. The van der Waals surface area contributed by atoms with Crippen LogP contribution in [0.15, 0.2) is 37.1 Å². The molecule has 1 heterocycles. The summed E-state index contributed by atoms with van der Waals surface area (Å²) in [4.78, 5) is 27.7. The minimum Gasteiger partial charge on any atom is -0.426 e. The van der Waals surface area contributed by atoms with Crippen LogP contribution in [-0.2, 0) is 24.4 Å². The number of hydrogen-bond donors (Lipinski definition) is 1. The first-order valence-corrected chi connectivity index (χ1v) is 7.84. The molecule has 1 aromatic carbocycles. The fraction of sp³-hybridized carbons (Fsp3) is 0.278. The first-order valence-electron chi connectivity index (χ1n) is 7.84. The van der Waals surface area contributed by atoms with Crippen LogP contribution < -0.4 is 10.1 Å². The Hall–Kier alpha value is -2.96. The van der Waals surface area contributed by atoms with Crippen LogP contribution in [0.25, 0.3) is 0 Å². The molecule has 0 unspecified atom stereocenters. The zero-order valence-corrected chi connectivity index (χ0v) is 14.2. The van der Waals surface area contributed by atoms with Crippen LogP contribution >= 0.6 is 0 Å². The molecule has 0 bridgehead atoms. The molecule has 0 saturated heterocycles. The number of nitrogens with zero attached hydrogens (tertiary/aromatic N) is 2. The number of benzene rings is 1. The number of allylic oxidation sites excluding steroid dienone is 1. The molecule has 2 rings (SSSR count). The number of imidazole rings is 1. The summed E-state index contributed by atoms with van der Waals surface area (Å²) in [6, 6.07) is 4.88. The number of rotatable bonds is 7. The Balaban J connectivity index is 2.23. The highest BCUT2D eigenvalue weighted by molar-refractivity contribution is 6.04. The van der Waals surface area contributed by atoms with Gasteiger partial charge in [-0.2, -0.15) is 0 Å². The summed E-state index contributed by atoms with van der Waals surface area (Å²) in [5, 5.41) is 2.62. The molecular formula is C18H20FN3O3. The van der Waals surface area contributed by atoms with Crippen molar-refractivity contribution in [1.29, 1.82) is 0 Å². The molecule has 0 fully saturated rings. The normalized spacial score (nSPS) is 10.4. The molecule has 0 spiro atoms. The molecule has 2 aromatic rings. The number of alkyl halides is 1. The number of anilines is 1. The van der Waals surface area contributed by atoms with Crippen molar-refractivity contribution >= 4 is 17.7 Å². The van der Waals surface area contributed by atoms with E-state index < -0.39 is 18.6 Å². The van der Waals surface area contributed by atoms with Crippen LogP contribution in [-0.4, -0.2) is 21.4 Å². The van der Waals surface area contributed by atoms with Crippen molar-refractivity contribution in [1.82, 2.24) is 9.55 Å².